The van der Waals surface area contributed by atoms with E-state index in [0.717, 1.165) is 33.5 Å². The Morgan fingerprint density at radius 2 is 1.73 bits per heavy atom. The number of nitrogens with one attached hydrogen (secondary N) is 1. The molecule has 0 aliphatic rings. The molecule has 0 bridgehead atoms. The van der Waals surface area contributed by atoms with E-state index in [1.165, 1.54) is 6.07 Å². The van der Waals surface area contributed by atoms with E-state index in [9.17, 15) is 14.7 Å². The molecule has 3 rings (SSSR count). The summed E-state index contributed by atoms with van der Waals surface area (Å²) < 4.78 is 0. The second-order valence-corrected chi connectivity index (χ2v) is 7.18. The van der Waals surface area contributed by atoms with Gasteiger partial charge in [-0.15, -0.1) is 0 Å². The summed E-state index contributed by atoms with van der Waals surface area (Å²) in [6, 6.07) is 20.9. The molecule has 33 heavy (non-hydrogen) atoms. The number of carbonyl (C=O) groups is 2. The number of benzene rings is 3. The lowest BCUT2D eigenvalue weighted by atomic mass is 10.0. The Bertz CT molecular complexity index is 1170. The number of phenolic OH excluding ortho intramolecular Hbond substituents is 1. The van der Waals surface area contributed by atoms with Crippen molar-refractivity contribution >= 4 is 23.3 Å². The molecule has 0 aromatic heterocycles. The van der Waals surface area contributed by atoms with Crippen molar-refractivity contribution in [2.45, 2.75) is 13.8 Å². The summed E-state index contributed by atoms with van der Waals surface area (Å²) in [6.45, 7) is 7.14. The zero-order valence-electron chi connectivity index (χ0n) is 19.2. The lowest BCUT2D eigenvalue weighted by molar-refractivity contribution is 0.101. The van der Waals surface area contributed by atoms with E-state index in [2.05, 4.69) is 24.0 Å². The number of hydrogen-bond acceptors (Lipinski definition) is 4. The van der Waals surface area contributed by atoms with Crippen LogP contribution in [0.25, 0.3) is 16.7 Å². The smallest absolute Gasteiger partial charge is 0.161 e. The van der Waals surface area contributed by atoms with E-state index in [0.29, 0.717) is 6.29 Å². The van der Waals surface area contributed by atoms with Crippen LogP contribution < -0.4 is 5.32 Å². The molecule has 4 nitrogen and oxygen atoms in total. The van der Waals surface area contributed by atoms with Crippen molar-refractivity contribution < 1.29 is 14.7 Å². The Morgan fingerprint density at radius 3 is 2.30 bits per heavy atom. The summed E-state index contributed by atoms with van der Waals surface area (Å²) in [7, 11) is 1.83. The minimum atomic E-state index is -0.00261. The monoisotopic (exact) mass is 439 g/mol. The Hall–Kier alpha value is -4.18. The standard InChI is InChI=1S/C15H15NO.C14H14O2/c1-11(17)14-9-8-13(10-15(14)16-2)12-6-4-3-5-7-12;1-3-5-11(6-4-2)12-7-8-14(16)13(9-12)10-15/h3-10,16H,1-2H3;3-10,16H,1H2,2H3/b;6-4-,11-5+. The molecule has 0 radical (unpaired) electrons. The highest BCUT2D eigenvalue weighted by atomic mass is 16.3. The molecular formula is C29H29NO3. The minimum absolute atomic E-state index is 0.00261. The van der Waals surface area contributed by atoms with Crippen LogP contribution in [-0.2, 0) is 0 Å². The molecule has 2 N–H and O–H groups in total. The predicted octanol–water partition coefficient (Wildman–Crippen LogP) is 6.95. The molecule has 0 aliphatic carbocycles. The number of rotatable bonds is 7. The van der Waals surface area contributed by atoms with Crippen molar-refractivity contribution in [3.63, 3.8) is 0 Å². The van der Waals surface area contributed by atoms with Crippen LogP contribution in [0.1, 0.15) is 40.1 Å². The minimum Gasteiger partial charge on any atom is -0.507 e. The average molecular weight is 440 g/mol. The number of hydrogen-bond donors (Lipinski definition) is 2. The van der Waals surface area contributed by atoms with Gasteiger partial charge in [0.15, 0.2) is 12.1 Å². The van der Waals surface area contributed by atoms with Gasteiger partial charge in [-0.05, 0) is 60.4 Å². The Kier molecular flexibility index (Phi) is 9.59. The van der Waals surface area contributed by atoms with Gasteiger partial charge in [0.1, 0.15) is 5.75 Å². The molecule has 0 amide bonds. The van der Waals surface area contributed by atoms with Crippen LogP contribution >= 0.6 is 0 Å². The summed E-state index contributed by atoms with van der Waals surface area (Å²) in [4.78, 5) is 22.1. The van der Waals surface area contributed by atoms with Crippen LogP contribution in [0.4, 0.5) is 5.69 Å². The molecule has 168 valence electrons. The molecule has 0 atom stereocenters. The number of aldehydes is 1. The van der Waals surface area contributed by atoms with Gasteiger partial charge in [0.2, 0.25) is 0 Å². The largest absolute Gasteiger partial charge is 0.507 e. The highest BCUT2D eigenvalue weighted by Gasteiger charge is 2.07. The van der Waals surface area contributed by atoms with E-state index < -0.39 is 0 Å². The van der Waals surface area contributed by atoms with Crippen molar-refractivity contribution in [2.24, 2.45) is 0 Å². The van der Waals surface area contributed by atoms with Crippen molar-refractivity contribution in [2.75, 3.05) is 12.4 Å². The molecule has 0 aliphatic heterocycles. The van der Waals surface area contributed by atoms with E-state index in [-0.39, 0.29) is 17.1 Å². The predicted molar refractivity (Wildman–Crippen MR) is 138 cm³/mol. The second-order valence-electron chi connectivity index (χ2n) is 7.18. The molecule has 4 heteroatoms. The molecule has 0 fully saturated rings. The Morgan fingerprint density at radius 1 is 1.00 bits per heavy atom. The first-order chi connectivity index (χ1) is 15.9. The molecule has 0 unspecified atom stereocenters. The summed E-state index contributed by atoms with van der Waals surface area (Å²) in [5.74, 6) is 0.0751. The van der Waals surface area contributed by atoms with E-state index >= 15 is 0 Å². The maximum absolute atomic E-state index is 11.4. The maximum atomic E-state index is 11.4. The highest BCUT2D eigenvalue weighted by molar-refractivity contribution is 6.00. The molecule has 0 heterocycles. The highest BCUT2D eigenvalue weighted by Crippen LogP contribution is 2.26. The topological polar surface area (TPSA) is 66.4 Å². The molecule has 3 aromatic carbocycles. The second kappa shape index (κ2) is 12.6. The fourth-order valence-corrected chi connectivity index (χ4v) is 3.25. The fraction of sp³-hybridized carbons (Fsp3) is 0.103. The third-order valence-electron chi connectivity index (χ3n) is 4.91. The van der Waals surface area contributed by atoms with Gasteiger partial charge in [-0.1, -0.05) is 73.3 Å². The third kappa shape index (κ3) is 6.91. The SMILES string of the molecule is C=C/C=C(\C=C/C)c1ccc(O)c(C=O)c1.CNc1cc(-c2ccccc2)ccc1C(C)=O. The van der Waals surface area contributed by atoms with E-state index in [1.54, 1.807) is 25.1 Å². The first-order valence-electron chi connectivity index (χ1n) is 10.6. The lowest BCUT2D eigenvalue weighted by Gasteiger charge is -2.09. The fourth-order valence-electron chi connectivity index (χ4n) is 3.25. The first kappa shape index (κ1) is 25.1. The Labute approximate surface area is 195 Å². The van der Waals surface area contributed by atoms with Gasteiger partial charge < -0.3 is 10.4 Å². The summed E-state index contributed by atoms with van der Waals surface area (Å²) in [5.41, 5.74) is 5.97. The Balaban J connectivity index is 0.000000234. The summed E-state index contributed by atoms with van der Waals surface area (Å²) in [5, 5.41) is 12.5. The van der Waals surface area contributed by atoms with Crippen molar-refractivity contribution in [3.05, 3.63) is 114 Å². The van der Waals surface area contributed by atoms with Crippen molar-refractivity contribution in [1.29, 1.82) is 0 Å². The average Bonchev–Trinajstić information content (AvgIpc) is 2.84. The van der Waals surface area contributed by atoms with Gasteiger partial charge in [0, 0.05) is 18.3 Å². The van der Waals surface area contributed by atoms with Gasteiger partial charge in [0.05, 0.1) is 5.56 Å². The van der Waals surface area contributed by atoms with Crippen LogP contribution in [0.5, 0.6) is 5.75 Å². The lowest BCUT2D eigenvalue weighted by Crippen LogP contribution is -2.00. The number of phenols is 1. The van der Waals surface area contributed by atoms with Gasteiger partial charge in [-0.2, -0.15) is 0 Å². The van der Waals surface area contributed by atoms with Crippen molar-refractivity contribution in [1.82, 2.24) is 0 Å². The number of anilines is 1. The van der Waals surface area contributed by atoms with E-state index in [4.69, 9.17) is 0 Å². The van der Waals surface area contributed by atoms with Crippen molar-refractivity contribution in [3.8, 4) is 16.9 Å². The van der Waals surface area contributed by atoms with Crippen LogP contribution in [0.3, 0.4) is 0 Å². The van der Waals surface area contributed by atoms with Crippen LogP contribution in [0, 0.1) is 0 Å². The zero-order chi connectivity index (χ0) is 24.2. The molecule has 3 aromatic rings. The first-order valence-corrected chi connectivity index (χ1v) is 10.6. The maximum Gasteiger partial charge on any atom is 0.161 e. The molecular weight excluding hydrogens is 410 g/mol. The third-order valence-corrected chi connectivity index (χ3v) is 4.91. The summed E-state index contributed by atoms with van der Waals surface area (Å²) in [6.07, 6.45) is 8.00. The number of Topliss-reactive ketones (excluding diaryl/α,β-unsaturated/α-hetero) is 1. The normalized spacial score (nSPS) is 10.8. The van der Waals surface area contributed by atoms with Gasteiger partial charge >= 0.3 is 0 Å². The molecule has 0 spiro atoms. The quantitative estimate of drug-likeness (QED) is 0.237. The van der Waals surface area contributed by atoms with Crippen LogP contribution in [0.15, 0.2) is 97.6 Å². The molecule has 0 saturated carbocycles. The number of carbonyl (C=O) groups excluding carboxylic acids is 2. The van der Waals surface area contributed by atoms with Crippen LogP contribution in [-0.4, -0.2) is 24.2 Å². The van der Waals surface area contributed by atoms with E-state index in [1.807, 2.05) is 68.6 Å². The summed E-state index contributed by atoms with van der Waals surface area (Å²) >= 11 is 0. The zero-order valence-corrected chi connectivity index (χ0v) is 19.2. The van der Waals surface area contributed by atoms with Crippen LogP contribution in [0.2, 0.25) is 0 Å². The van der Waals surface area contributed by atoms with Gasteiger partial charge in [0.25, 0.3) is 0 Å². The van der Waals surface area contributed by atoms with Gasteiger partial charge in [-0.25, -0.2) is 0 Å². The number of ketones is 1. The molecule has 0 saturated heterocycles. The number of aromatic hydroxyl groups is 1. The van der Waals surface area contributed by atoms with Gasteiger partial charge in [-0.3, -0.25) is 9.59 Å². The number of allylic oxidation sites excluding steroid dienone is 5.